The van der Waals surface area contributed by atoms with Crippen molar-refractivity contribution < 1.29 is 0 Å². The minimum Gasteiger partial charge on any atom is -0.398 e. The van der Waals surface area contributed by atoms with E-state index >= 15 is 0 Å². The number of hydrogen-bond acceptors (Lipinski definition) is 3. The summed E-state index contributed by atoms with van der Waals surface area (Å²) in [4.78, 5) is 23.9. The maximum absolute atomic E-state index is 12.1. The molecule has 100 valence electrons. The van der Waals surface area contributed by atoms with Crippen molar-refractivity contribution in [2.24, 2.45) is 0 Å². The number of nitrogens with two attached hydrogens (primary N) is 1. The molecule has 2 rings (SSSR count). The summed E-state index contributed by atoms with van der Waals surface area (Å²) in [6, 6.07) is 6.77. The van der Waals surface area contributed by atoms with E-state index in [4.69, 9.17) is 5.73 Å². The number of hydrogen-bond donors (Lipinski definition) is 1. The van der Waals surface area contributed by atoms with Gasteiger partial charge in [0.2, 0.25) is 0 Å². The van der Waals surface area contributed by atoms with Crippen LogP contribution in [0.2, 0.25) is 0 Å². The van der Waals surface area contributed by atoms with Gasteiger partial charge in [0.1, 0.15) is 0 Å². The van der Waals surface area contributed by atoms with E-state index in [0.29, 0.717) is 12.2 Å². The number of benzene rings is 1. The molecule has 0 saturated heterocycles. The molecule has 1 aromatic heterocycles. The standard InChI is InChI=1S/C13H14BrN3O2/c1-2-16-6-5-12(18)17(13(16)19)8-9-3-4-10(14)7-11(9)15/h3-7H,2,8,15H2,1H3. The van der Waals surface area contributed by atoms with E-state index in [1.807, 2.05) is 13.0 Å². The maximum atomic E-state index is 12.1. The minimum absolute atomic E-state index is 0.178. The molecule has 0 spiro atoms. The summed E-state index contributed by atoms with van der Waals surface area (Å²) in [5.74, 6) is 0. The van der Waals surface area contributed by atoms with Gasteiger partial charge >= 0.3 is 5.69 Å². The first-order chi connectivity index (χ1) is 9.02. The van der Waals surface area contributed by atoms with Crippen LogP contribution in [0.25, 0.3) is 0 Å². The number of halogens is 1. The molecular weight excluding hydrogens is 310 g/mol. The Morgan fingerprint density at radius 1 is 1.26 bits per heavy atom. The molecule has 1 heterocycles. The van der Waals surface area contributed by atoms with Gasteiger partial charge in [0.15, 0.2) is 0 Å². The van der Waals surface area contributed by atoms with Crippen LogP contribution in [0, 0.1) is 0 Å². The molecule has 0 amide bonds. The van der Waals surface area contributed by atoms with E-state index in [9.17, 15) is 9.59 Å². The van der Waals surface area contributed by atoms with Gasteiger partial charge in [-0.2, -0.15) is 0 Å². The van der Waals surface area contributed by atoms with Crippen LogP contribution in [0.3, 0.4) is 0 Å². The Bertz CT molecular complexity index is 719. The molecule has 0 radical (unpaired) electrons. The Hall–Kier alpha value is -1.82. The van der Waals surface area contributed by atoms with Crippen LogP contribution >= 0.6 is 15.9 Å². The van der Waals surface area contributed by atoms with Crippen molar-refractivity contribution in [2.75, 3.05) is 5.73 Å². The minimum atomic E-state index is -0.322. The Kier molecular flexibility index (Phi) is 3.90. The van der Waals surface area contributed by atoms with Crippen molar-refractivity contribution in [3.8, 4) is 0 Å². The van der Waals surface area contributed by atoms with E-state index in [2.05, 4.69) is 15.9 Å². The quantitative estimate of drug-likeness (QED) is 0.868. The smallest absolute Gasteiger partial charge is 0.331 e. The zero-order valence-electron chi connectivity index (χ0n) is 10.5. The number of anilines is 1. The molecule has 0 aliphatic heterocycles. The number of aromatic nitrogens is 2. The molecule has 19 heavy (non-hydrogen) atoms. The summed E-state index contributed by atoms with van der Waals surface area (Å²) in [6.45, 7) is 2.55. The monoisotopic (exact) mass is 323 g/mol. The van der Waals surface area contributed by atoms with E-state index in [1.54, 1.807) is 12.1 Å². The maximum Gasteiger partial charge on any atom is 0.331 e. The van der Waals surface area contributed by atoms with Gasteiger partial charge in [-0.3, -0.25) is 9.36 Å². The van der Waals surface area contributed by atoms with Crippen LogP contribution in [0.1, 0.15) is 12.5 Å². The molecule has 0 saturated carbocycles. The lowest BCUT2D eigenvalue weighted by Crippen LogP contribution is -2.39. The Balaban J connectivity index is 2.49. The van der Waals surface area contributed by atoms with Gasteiger partial charge in [0.05, 0.1) is 6.54 Å². The first-order valence-corrected chi connectivity index (χ1v) is 6.66. The molecule has 0 bridgehead atoms. The summed E-state index contributed by atoms with van der Waals surface area (Å²) >= 11 is 3.32. The van der Waals surface area contributed by atoms with Crippen molar-refractivity contribution in [3.63, 3.8) is 0 Å². The summed E-state index contributed by atoms with van der Waals surface area (Å²) in [5, 5.41) is 0. The largest absolute Gasteiger partial charge is 0.398 e. The topological polar surface area (TPSA) is 70.0 Å². The summed E-state index contributed by atoms with van der Waals surface area (Å²) in [7, 11) is 0. The molecular formula is C13H14BrN3O2. The molecule has 6 heteroatoms. The van der Waals surface area contributed by atoms with Crippen molar-refractivity contribution in [1.82, 2.24) is 9.13 Å². The Labute approximate surface area is 118 Å². The zero-order chi connectivity index (χ0) is 14.0. The fraction of sp³-hybridized carbons (Fsp3) is 0.231. The van der Waals surface area contributed by atoms with Gasteiger partial charge in [-0.25, -0.2) is 4.79 Å². The van der Waals surface area contributed by atoms with Crippen LogP contribution in [0.4, 0.5) is 5.69 Å². The van der Waals surface area contributed by atoms with E-state index < -0.39 is 0 Å². The lowest BCUT2D eigenvalue weighted by molar-refractivity contribution is 0.600. The van der Waals surface area contributed by atoms with Crippen LogP contribution < -0.4 is 17.0 Å². The van der Waals surface area contributed by atoms with Crippen molar-refractivity contribution in [2.45, 2.75) is 20.0 Å². The molecule has 0 unspecified atom stereocenters. The van der Waals surface area contributed by atoms with Crippen molar-refractivity contribution in [1.29, 1.82) is 0 Å². The van der Waals surface area contributed by atoms with Gasteiger partial charge in [-0.05, 0) is 24.6 Å². The lowest BCUT2D eigenvalue weighted by atomic mass is 10.2. The van der Waals surface area contributed by atoms with Gasteiger partial charge < -0.3 is 10.3 Å². The Morgan fingerprint density at radius 3 is 2.63 bits per heavy atom. The van der Waals surface area contributed by atoms with Crippen molar-refractivity contribution in [3.05, 3.63) is 61.3 Å². The zero-order valence-corrected chi connectivity index (χ0v) is 12.1. The number of aryl methyl sites for hydroxylation is 1. The Morgan fingerprint density at radius 2 is 2.00 bits per heavy atom. The third-order valence-corrected chi connectivity index (χ3v) is 3.41. The van der Waals surface area contributed by atoms with Gasteiger partial charge in [-0.15, -0.1) is 0 Å². The van der Waals surface area contributed by atoms with E-state index in [0.717, 1.165) is 10.0 Å². The highest BCUT2D eigenvalue weighted by molar-refractivity contribution is 9.10. The average molecular weight is 324 g/mol. The molecule has 2 N–H and O–H groups in total. The second kappa shape index (κ2) is 5.44. The highest BCUT2D eigenvalue weighted by atomic mass is 79.9. The normalized spacial score (nSPS) is 10.6. The lowest BCUT2D eigenvalue weighted by Gasteiger charge is -2.10. The van der Waals surface area contributed by atoms with Crippen LogP contribution in [0.15, 0.2) is 44.5 Å². The number of nitrogens with zero attached hydrogens (tertiary/aromatic N) is 2. The first kappa shape index (κ1) is 13.6. The predicted octanol–water partition coefficient (Wildman–Crippen LogP) is 1.42. The molecule has 0 atom stereocenters. The van der Waals surface area contributed by atoms with Gasteiger partial charge in [0.25, 0.3) is 5.56 Å². The molecule has 0 aliphatic rings. The van der Waals surface area contributed by atoms with Crippen molar-refractivity contribution >= 4 is 21.6 Å². The van der Waals surface area contributed by atoms with Crippen LogP contribution in [0.5, 0.6) is 0 Å². The number of rotatable bonds is 3. The second-order valence-corrected chi connectivity index (χ2v) is 5.07. The molecule has 0 fully saturated rings. The highest BCUT2D eigenvalue weighted by Crippen LogP contribution is 2.18. The SMILES string of the molecule is CCn1ccc(=O)n(Cc2ccc(Br)cc2N)c1=O. The fourth-order valence-electron chi connectivity index (χ4n) is 1.82. The summed E-state index contributed by atoms with van der Waals surface area (Å²) in [5.41, 5.74) is 6.54. The summed E-state index contributed by atoms with van der Waals surface area (Å²) < 4.78 is 3.53. The third-order valence-electron chi connectivity index (χ3n) is 2.92. The molecule has 5 nitrogen and oxygen atoms in total. The molecule has 2 aromatic rings. The fourth-order valence-corrected chi connectivity index (χ4v) is 2.20. The molecule has 0 aliphatic carbocycles. The third kappa shape index (κ3) is 2.78. The first-order valence-electron chi connectivity index (χ1n) is 5.87. The van der Waals surface area contributed by atoms with Gasteiger partial charge in [0, 0.05) is 29.0 Å². The van der Waals surface area contributed by atoms with Crippen LogP contribution in [-0.4, -0.2) is 9.13 Å². The molecule has 1 aromatic carbocycles. The summed E-state index contributed by atoms with van der Waals surface area (Å²) in [6.07, 6.45) is 1.51. The van der Waals surface area contributed by atoms with Crippen LogP contribution in [-0.2, 0) is 13.1 Å². The second-order valence-electron chi connectivity index (χ2n) is 4.15. The number of nitrogen functional groups attached to an aromatic ring is 1. The van der Waals surface area contributed by atoms with E-state index in [-0.39, 0.29) is 17.8 Å². The average Bonchev–Trinajstić information content (AvgIpc) is 2.37. The van der Waals surface area contributed by atoms with Gasteiger partial charge in [-0.1, -0.05) is 22.0 Å². The van der Waals surface area contributed by atoms with E-state index in [1.165, 1.54) is 21.4 Å². The highest BCUT2D eigenvalue weighted by Gasteiger charge is 2.07. The predicted molar refractivity (Wildman–Crippen MR) is 78.3 cm³/mol.